The molecule has 0 spiro atoms. The molecule has 0 radical (unpaired) electrons. The number of carbonyl (C=O) groups is 1. The number of hydrogen-bond acceptors (Lipinski definition) is 5. The van der Waals surface area contributed by atoms with E-state index in [2.05, 4.69) is 0 Å². The van der Waals surface area contributed by atoms with Gasteiger partial charge in [0.25, 0.3) is 0 Å². The van der Waals surface area contributed by atoms with Crippen molar-refractivity contribution in [3.63, 3.8) is 0 Å². The van der Waals surface area contributed by atoms with Crippen molar-refractivity contribution in [1.82, 2.24) is 0 Å². The highest BCUT2D eigenvalue weighted by molar-refractivity contribution is 5.99. The number of Topliss-reactive ketones (excluding diaryl/α,β-unsaturated/α-hetero) is 1. The molecule has 2 aromatic carbocycles. The SMILES string of the molecule is COc1ccc(CCC(=O)c2ccc(O)c(OC)c2O)cc1. The van der Waals surface area contributed by atoms with Crippen LogP contribution in [0, 0.1) is 0 Å². The predicted octanol–water partition coefficient (Wildman–Crippen LogP) is 2.93. The van der Waals surface area contributed by atoms with E-state index in [9.17, 15) is 15.0 Å². The molecule has 0 atom stereocenters. The van der Waals surface area contributed by atoms with E-state index in [1.807, 2.05) is 24.3 Å². The Hall–Kier alpha value is -2.69. The largest absolute Gasteiger partial charge is 0.504 e. The minimum absolute atomic E-state index is 0.0877. The molecule has 0 aliphatic heterocycles. The maximum atomic E-state index is 12.2. The van der Waals surface area contributed by atoms with Crippen LogP contribution in [0.1, 0.15) is 22.3 Å². The molecule has 5 nitrogen and oxygen atoms in total. The smallest absolute Gasteiger partial charge is 0.203 e. The number of carbonyl (C=O) groups excluding carboxylic acids is 1. The van der Waals surface area contributed by atoms with Crippen molar-refractivity contribution in [2.24, 2.45) is 0 Å². The molecule has 0 aliphatic rings. The van der Waals surface area contributed by atoms with E-state index in [-0.39, 0.29) is 35.0 Å². The molecule has 22 heavy (non-hydrogen) atoms. The van der Waals surface area contributed by atoms with E-state index in [4.69, 9.17) is 9.47 Å². The minimum atomic E-state index is -0.331. The fraction of sp³-hybridized carbons (Fsp3) is 0.235. The topological polar surface area (TPSA) is 76.0 Å². The molecule has 0 saturated heterocycles. The molecular formula is C17H18O5. The number of hydrogen-bond donors (Lipinski definition) is 2. The molecule has 5 heteroatoms. The zero-order chi connectivity index (χ0) is 16.1. The third-order valence-electron chi connectivity index (χ3n) is 3.42. The number of aromatic hydroxyl groups is 2. The Labute approximate surface area is 128 Å². The first-order valence-electron chi connectivity index (χ1n) is 6.82. The van der Waals surface area contributed by atoms with Crippen molar-refractivity contribution >= 4 is 5.78 Å². The fourth-order valence-corrected chi connectivity index (χ4v) is 2.17. The summed E-state index contributed by atoms with van der Waals surface area (Å²) in [6.45, 7) is 0. The summed E-state index contributed by atoms with van der Waals surface area (Å²) in [5.74, 6) is -0.0770. The van der Waals surface area contributed by atoms with Crippen molar-refractivity contribution in [3.05, 3.63) is 47.5 Å². The lowest BCUT2D eigenvalue weighted by atomic mass is 10.0. The summed E-state index contributed by atoms with van der Waals surface area (Å²) < 4.78 is 9.97. The van der Waals surface area contributed by atoms with Gasteiger partial charge < -0.3 is 19.7 Å². The predicted molar refractivity (Wildman–Crippen MR) is 82.0 cm³/mol. The molecule has 2 rings (SSSR count). The number of rotatable bonds is 6. The van der Waals surface area contributed by atoms with Crippen LogP contribution in [0.5, 0.6) is 23.0 Å². The van der Waals surface area contributed by atoms with Crippen LogP contribution in [0.25, 0.3) is 0 Å². The van der Waals surface area contributed by atoms with Gasteiger partial charge in [-0.1, -0.05) is 12.1 Å². The van der Waals surface area contributed by atoms with E-state index < -0.39 is 0 Å². The quantitative estimate of drug-likeness (QED) is 0.802. The third-order valence-corrected chi connectivity index (χ3v) is 3.42. The number of aryl methyl sites for hydroxylation is 1. The van der Waals surface area contributed by atoms with Crippen LogP contribution in [0.4, 0.5) is 0 Å². The Balaban J connectivity index is 2.09. The molecule has 0 bridgehead atoms. The number of ether oxygens (including phenoxy) is 2. The van der Waals surface area contributed by atoms with Crippen LogP contribution >= 0.6 is 0 Å². The maximum Gasteiger partial charge on any atom is 0.203 e. The molecule has 0 amide bonds. The average molecular weight is 302 g/mol. The van der Waals surface area contributed by atoms with Crippen LogP contribution in [-0.2, 0) is 6.42 Å². The molecular weight excluding hydrogens is 284 g/mol. The summed E-state index contributed by atoms with van der Waals surface area (Å²) in [4.78, 5) is 12.2. The Kier molecular flexibility index (Phi) is 4.88. The second-order valence-corrected chi connectivity index (χ2v) is 4.79. The van der Waals surface area contributed by atoms with E-state index in [0.717, 1.165) is 11.3 Å². The second-order valence-electron chi connectivity index (χ2n) is 4.79. The average Bonchev–Trinajstić information content (AvgIpc) is 2.53. The van der Waals surface area contributed by atoms with Gasteiger partial charge in [0.05, 0.1) is 19.8 Å². The lowest BCUT2D eigenvalue weighted by molar-refractivity contribution is 0.0979. The molecule has 0 saturated carbocycles. The Morgan fingerprint density at radius 1 is 1.00 bits per heavy atom. The molecule has 0 heterocycles. The lowest BCUT2D eigenvalue weighted by Crippen LogP contribution is -2.02. The molecule has 0 aliphatic carbocycles. The Morgan fingerprint density at radius 3 is 2.27 bits per heavy atom. The van der Waals surface area contributed by atoms with Crippen LogP contribution in [0.2, 0.25) is 0 Å². The summed E-state index contributed by atoms with van der Waals surface area (Å²) in [6.07, 6.45) is 0.791. The Morgan fingerprint density at radius 2 is 1.68 bits per heavy atom. The number of phenols is 2. The molecule has 0 unspecified atom stereocenters. The van der Waals surface area contributed by atoms with Gasteiger partial charge in [0.1, 0.15) is 5.75 Å². The van der Waals surface area contributed by atoms with Crippen molar-refractivity contribution < 1.29 is 24.5 Å². The van der Waals surface area contributed by atoms with Gasteiger partial charge >= 0.3 is 0 Å². The van der Waals surface area contributed by atoms with Crippen molar-refractivity contribution in [2.75, 3.05) is 14.2 Å². The zero-order valence-electron chi connectivity index (χ0n) is 12.5. The van der Waals surface area contributed by atoms with E-state index in [1.165, 1.54) is 19.2 Å². The highest BCUT2D eigenvalue weighted by Gasteiger charge is 2.18. The number of methoxy groups -OCH3 is 2. The van der Waals surface area contributed by atoms with E-state index in [1.54, 1.807) is 7.11 Å². The number of ketones is 1. The van der Waals surface area contributed by atoms with Gasteiger partial charge in [0.2, 0.25) is 5.75 Å². The van der Waals surface area contributed by atoms with Gasteiger partial charge in [-0.3, -0.25) is 4.79 Å². The van der Waals surface area contributed by atoms with Gasteiger partial charge in [-0.05, 0) is 36.2 Å². The maximum absolute atomic E-state index is 12.2. The van der Waals surface area contributed by atoms with Crippen LogP contribution in [-0.4, -0.2) is 30.2 Å². The van der Waals surface area contributed by atoms with Gasteiger partial charge in [-0.15, -0.1) is 0 Å². The third kappa shape index (κ3) is 3.31. The van der Waals surface area contributed by atoms with Gasteiger partial charge in [-0.2, -0.15) is 0 Å². The summed E-state index contributed by atoms with van der Waals surface area (Å²) >= 11 is 0. The summed E-state index contributed by atoms with van der Waals surface area (Å²) in [5.41, 5.74) is 1.14. The first kappa shape index (κ1) is 15.7. The summed E-state index contributed by atoms with van der Waals surface area (Å²) in [6, 6.07) is 10.2. The van der Waals surface area contributed by atoms with Crippen LogP contribution in [0.3, 0.4) is 0 Å². The van der Waals surface area contributed by atoms with Gasteiger partial charge in [0, 0.05) is 6.42 Å². The molecule has 0 fully saturated rings. The highest BCUT2D eigenvalue weighted by atomic mass is 16.5. The van der Waals surface area contributed by atoms with Gasteiger partial charge in [-0.25, -0.2) is 0 Å². The highest BCUT2D eigenvalue weighted by Crippen LogP contribution is 2.38. The molecule has 2 aromatic rings. The van der Waals surface area contributed by atoms with Crippen molar-refractivity contribution in [1.29, 1.82) is 0 Å². The van der Waals surface area contributed by atoms with Crippen LogP contribution < -0.4 is 9.47 Å². The molecule has 116 valence electrons. The Bertz CT molecular complexity index is 661. The fourth-order valence-electron chi connectivity index (χ4n) is 2.17. The summed E-state index contributed by atoms with van der Waals surface area (Å²) in [5, 5.41) is 19.5. The number of phenolic OH excluding ortho intramolecular Hbond substituents is 2. The molecule has 0 aromatic heterocycles. The first-order valence-corrected chi connectivity index (χ1v) is 6.82. The summed E-state index contributed by atoms with van der Waals surface area (Å²) in [7, 11) is 2.92. The van der Waals surface area contributed by atoms with Gasteiger partial charge in [0.15, 0.2) is 17.3 Å². The van der Waals surface area contributed by atoms with E-state index >= 15 is 0 Å². The van der Waals surface area contributed by atoms with E-state index in [0.29, 0.717) is 6.42 Å². The molecule has 2 N–H and O–H groups in total. The first-order chi connectivity index (χ1) is 10.6. The zero-order valence-corrected chi connectivity index (χ0v) is 12.5. The standard InChI is InChI=1S/C17H18O5/c1-21-12-6-3-11(4-7-12)5-9-14(18)13-8-10-15(19)17(22-2)16(13)20/h3-4,6-8,10,19-20H,5,9H2,1-2H3. The van der Waals surface area contributed by atoms with Crippen molar-refractivity contribution in [3.8, 4) is 23.0 Å². The van der Waals surface area contributed by atoms with Crippen molar-refractivity contribution in [2.45, 2.75) is 12.8 Å². The normalized spacial score (nSPS) is 10.3. The second kappa shape index (κ2) is 6.85. The minimum Gasteiger partial charge on any atom is -0.504 e. The monoisotopic (exact) mass is 302 g/mol. The van der Waals surface area contributed by atoms with Crippen LogP contribution in [0.15, 0.2) is 36.4 Å². The number of benzene rings is 2. The lowest BCUT2D eigenvalue weighted by Gasteiger charge is -2.10.